The number of carboxylic acids is 1. The summed E-state index contributed by atoms with van der Waals surface area (Å²) in [6, 6.07) is 40.1. The van der Waals surface area contributed by atoms with Crippen LogP contribution in [0.25, 0.3) is 0 Å². The summed E-state index contributed by atoms with van der Waals surface area (Å²) in [6.45, 7) is 0.102. The first-order valence-corrected chi connectivity index (χ1v) is 16.2. The van der Waals surface area contributed by atoms with E-state index in [1.54, 1.807) is 36.5 Å². The van der Waals surface area contributed by atoms with E-state index >= 15 is 0 Å². The van der Waals surface area contributed by atoms with Gasteiger partial charge in [0.1, 0.15) is 24.7 Å². The van der Waals surface area contributed by atoms with Crippen molar-refractivity contribution in [1.29, 1.82) is 0 Å². The van der Waals surface area contributed by atoms with Crippen LogP contribution in [0.4, 0.5) is 5.82 Å². The minimum atomic E-state index is -1.09. The highest BCUT2D eigenvalue weighted by Gasteiger charge is 2.49. The Hall–Kier alpha value is -5.91. The molecule has 11 nitrogen and oxygen atoms in total. The SMILES string of the molecule is O=C(O)CCC(=O)OCC1CN(C(c2ccccc2)(c2ccccc2)c2ccccc2)C(n2ccc(NC(=O)c3ccccc3)nc2=O)CO1. The fourth-order valence-corrected chi connectivity index (χ4v) is 6.39. The van der Waals surface area contributed by atoms with Gasteiger partial charge in [0.05, 0.1) is 25.0 Å². The fourth-order valence-electron chi connectivity index (χ4n) is 6.39. The molecule has 0 spiro atoms. The third kappa shape index (κ3) is 7.39. The minimum Gasteiger partial charge on any atom is -0.481 e. The molecule has 6 rings (SSSR count). The van der Waals surface area contributed by atoms with E-state index in [9.17, 15) is 19.2 Å². The largest absolute Gasteiger partial charge is 0.481 e. The van der Waals surface area contributed by atoms with E-state index in [-0.39, 0.29) is 38.4 Å². The van der Waals surface area contributed by atoms with Crippen molar-refractivity contribution in [2.24, 2.45) is 0 Å². The van der Waals surface area contributed by atoms with Crippen molar-refractivity contribution in [3.63, 3.8) is 0 Å². The summed E-state index contributed by atoms with van der Waals surface area (Å²) >= 11 is 0. The summed E-state index contributed by atoms with van der Waals surface area (Å²) in [4.78, 5) is 56.5. The number of carboxylic acid groups (broad SMARTS) is 1. The molecule has 1 saturated heterocycles. The zero-order chi connectivity index (χ0) is 34.9. The highest BCUT2D eigenvalue weighted by molar-refractivity contribution is 6.03. The zero-order valence-electron chi connectivity index (χ0n) is 27.1. The summed E-state index contributed by atoms with van der Waals surface area (Å²) in [6.07, 6.45) is -0.341. The van der Waals surface area contributed by atoms with E-state index in [1.165, 1.54) is 4.57 Å². The van der Waals surface area contributed by atoms with Crippen molar-refractivity contribution in [3.05, 3.63) is 166 Å². The first-order chi connectivity index (χ1) is 24.4. The van der Waals surface area contributed by atoms with E-state index in [0.29, 0.717) is 5.56 Å². The molecule has 0 saturated carbocycles. The molecule has 254 valence electrons. The van der Waals surface area contributed by atoms with Gasteiger partial charge in [-0.1, -0.05) is 109 Å². The van der Waals surface area contributed by atoms with Gasteiger partial charge < -0.3 is 19.9 Å². The Bertz CT molecular complexity index is 1880. The Morgan fingerprint density at radius 1 is 0.800 bits per heavy atom. The van der Waals surface area contributed by atoms with Crippen LogP contribution in [0, 0.1) is 0 Å². The van der Waals surface area contributed by atoms with Crippen LogP contribution in [0.3, 0.4) is 0 Å². The number of carbonyl (C=O) groups excluding carboxylic acids is 2. The van der Waals surface area contributed by atoms with Gasteiger partial charge in [-0.05, 0) is 34.9 Å². The quantitative estimate of drug-likeness (QED) is 0.137. The monoisotopic (exact) mass is 672 g/mol. The number of benzene rings is 4. The number of aromatic nitrogens is 2. The molecule has 2 atom stereocenters. The highest BCUT2D eigenvalue weighted by Crippen LogP contribution is 2.46. The summed E-state index contributed by atoms with van der Waals surface area (Å²) in [5.41, 5.74) is 1.62. The maximum atomic E-state index is 13.9. The lowest BCUT2D eigenvalue weighted by Crippen LogP contribution is -2.59. The van der Waals surface area contributed by atoms with Crippen molar-refractivity contribution in [2.75, 3.05) is 25.1 Å². The average Bonchev–Trinajstić information content (AvgIpc) is 3.15. The molecule has 0 bridgehead atoms. The van der Waals surface area contributed by atoms with E-state index in [1.807, 2.05) is 97.1 Å². The lowest BCUT2D eigenvalue weighted by atomic mass is 9.74. The summed E-state index contributed by atoms with van der Waals surface area (Å²) in [5.74, 6) is -2.02. The maximum Gasteiger partial charge on any atom is 0.350 e. The number of esters is 1. The standard InChI is InChI=1S/C39H36N4O7/c44-35(45)21-22-36(46)50-26-32-25-43(34(27-49-32)42-24-23-33(41-38(42)48)40-37(47)28-13-5-1-6-14-28)39(29-15-7-2-8-16-29,30-17-9-3-10-18-30)31-19-11-4-12-20-31/h1-20,23-24,32,34H,21-22,25-27H2,(H,44,45)(H,40,41,47,48). The number of hydrogen-bond donors (Lipinski definition) is 2. The number of anilines is 1. The molecular formula is C39H36N4O7. The predicted octanol–water partition coefficient (Wildman–Crippen LogP) is 5.10. The van der Waals surface area contributed by atoms with E-state index < -0.39 is 41.3 Å². The fraction of sp³-hybridized carbons (Fsp3) is 0.205. The first-order valence-electron chi connectivity index (χ1n) is 16.2. The highest BCUT2D eigenvalue weighted by atomic mass is 16.6. The molecule has 2 unspecified atom stereocenters. The topological polar surface area (TPSA) is 140 Å². The number of nitrogens with zero attached hydrogens (tertiary/aromatic N) is 3. The predicted molar refractivity (Wildman–Crippen MR) is 185 cm³/mol. The van der Waals surface area contributed by atoms with Crippen LogP contribution in [-0.4, -0.2) is 63.3 Å². The van der Waals surface area contributed by atoms with Gasteiger partial charge in [0.15, 0.2) is 0 Å². The number of amides is 1. The molecule has 50 heavy (non-hydrogen) atoms. The molecule has 0 aliphatic carbocycles. The summed E-state index contributed by atoms with van der Waals surface area (Å²) in [7, 11) is 0. The Morgan fingerprint density at radius 2 is 1.34 bits per heavy atom. The van der Waals surface area contributed by atoms with Crippen molar-refractivity contribution in [1.82, 2.24) is 14.5 Å². The number of aliphatic carboxylic acids is 1. The van der Waals surface area contributed by atoms with Crippen LogP contribution in [0.15, 0.2) is 138 Å². The third-order valence-corrected chi connectivity index (χ3v) is 8.65. The van der Waals surface area contributed by atoms with Gasteiger partial charge in [-0.3, -0.25) is 23.9 Å². The van der Waals surface area contributed by atoms with Gasteiger partial charge >= 0.3 is 17.6 Å². The van der Waals surface area contributed by atoms with E-state index in [2.05, 4.69) is 15.2 Å². The van der Waals surface area contributed by atoms with Gasteiger partial charge in [0.25, 0.3) is 5.91 Å². The zero-order valence-corrected chi connectivity index (χ0v) is 27.1. The Balaban J connectivity index is 1.44. The molecule has 11 heteroatoms. The van der Waals surface area contributed by atoms with Crippen molar-refractivity contribution >= 4 is 23.7 Å². The summed E-state index contributed by atoms with van der Waals surface area (Å²) in [5, 5.41) is 11.7. The van der Waals surface area contributed by atoms with Gasteiger partial charge in [-0.2, -0.15) is 4.98 Å². The third-order valence-electron chi connectivity index (χ3n) is 8.65. The Morgan fingerprint density at radius 3 is 1.86 bits per heavy atom. The molecule has 5 aromatic rings. The number of rotatable bonds is 12. The molecule has 1 aromatic heterocycles. The average molecular weight is 673 g/mol. The second kappa shape index (κ2) is 15.5. The molecule has 1 aliphatic heterocycles. The normalized spacial score (nSPS) is 16.3. The lowest BCUT2D eigenvalue weighted by molar-refractivity contribution is -0.161. The number of hydrogen-bond acceptors (Lipinski definition) is 8. The smallest absolute Gasteiger partial charge is 0.350 e. The Kier molecular flexibility index (Phi) is 10.6. The number of ether oxygens (including phenoxy) is 2. The summed E-state index contributed by atoms with van der Waals surface area (Å²) < 4.78 is 13.2. The van der Waals surface area contributed by atoms with Crippen molar-refractivity contribution in [3.8, 4) is 0 Å². The van der Waals surface area contributed by atoms with Crippen LogP contribution in [0.5, 0.6) is 0 Å². The second-order valence-electron chi connectivity index (χ2n) is 11.8. The second-order valence-corrected chi connectivity index (χ2v) is 11.8. The maximum absolute atomic E-state index is 13.9. The number of carbonyl (C=O) groups is 3. The number of morpholine rings is 1. The minimum absolute atomic E-state index is 0.0168. The van der Waals surface area contributed by atoms with E-state index in [4.69, 9.17) is 14.6 Å². The molecule has 2 heterocycles. The van der Waals surface area contributed by atoms with Gasteiger partial charge in [-0.15, -0.1) is 0 Å². The van der Waals surface area contributed by atoms with Crippen LogP contribution >= 0.6 is 0 Å². The Labute approximate surface area is 288 Å². The molecular weight excluding hydrogens is 636 g/mol. The van der Waals surface area contributed by atoms with Gasteiger partial charge in [-0.25, -0.2) is 4.79 Å². The van der Waals surface area contributed by atoms with Gasteiger partial charge in [0.2, 0.25) is 0 Å². The van der Waals surface area contributed by atoms with E-state index in [0.717, 1.165) is 16.7 Å². The lowest BCUT2D eigenvalue weighted by Gasteiger charge is -2.52. The molecule has 4 aromatic carbocycles. The van der Waals surface area contributed by atoms with Crippen LogP contribution in [0.2, 0.25) is 0 Å². The molecule has 2 N–H and O–H groups in total. The van der Waals surface area contributed by atoms with Gasteiger partial charge in [0, 0.05) is 18.3 Å². The molecule has 1 amide bonds. The number of nitrogens with one attached hydrogen (secondary N) is 1. The molecule has 0 radical (unpaired) electrons. The van der Waals surface area contributed by atoms with Crippen molar-refractivity contribution < 1.29 is 29.0 Å². The first kappa shape index (κ1) is 34.0. The molecule has 1 aliphatic rings. The van der Waals surface area contributed by atoms with Crippen LogP contribution in [-0.2, 0) is 24.6 Å². The molecule has 1 fully saturated rings. The van der Waals surface area contributed by atoms with Crippen molar-refractivity contribution in [2.45, 2.75) is 30.7 Å². The van der Waals surface area contributed by atoms with Crippen LogP contribution < -0.4 is 11.0 Å². The van der Waals surface area contributed by atoms with Crippen LogP contribution in [0.1, 0.15) is 46.1 Å².